The number of hydrogen-bond acceptors (Lipinski definition) is 7. The number of aliphatic hydroxyl groups excluding tert-OH is 1. The molecule has 3 aromatic rings. The molecule has 1 aliphatic rings. The van der Waals surface area contributed by atoms with Crippen molar-refractivity contribution in [2.75, 3.05) is 24.0 Å². The van der Waals surface area contributed by atoms with Crippen LogP contribution < -0.4 is 21.1 Å². The highest BCUT2D eigenvalue weighted by molar-refractivity contribution is 7.99. The van der Waals surface area contributed by atoms with Crippen molar-refractivity contribution < 1.29 is 24.2 Å². The second kappa shape index (κ2) is 14.0. The standard InChI is InChI=1S/C31H36N4O5S/c1-20-9-6-7-13-23(20)16-33-30(38)26-18-41-19-35(26)31(39)28(37)25(15-22-11-4-3-5-12-22)34-27(36)17-40-29-21(2)10-8-14-24(29)32/h3-14,25-26,28,37H,15-19,32H2,1-2H3,(H,33,38)(H,34,36)/t25-,26-,28-/m0/s1. The van der Waals surface area contributed by atoms with Crippen LogP contribution in [0.5, 0.6) is 5.75 Å². The SMILES string of the molecule is Cc1ccccc1CNC(=O)[C@@H]1CSCN1C(=O)[C@@H](O)[C@H](Cc1ccccc1)NC(=O)COc1c(C)cccc1N. The maximum absolute atomic E-state index is 13.6. The minimum Gasteiger partial charge on any atom is -0.481 e. The van der Waals surface area contributed by atoms with Crippen molar-refractivity contribution in [1.29, 1.82) is 0 Å². The molecule has 1 aliphatic heterocycles. The number of nitrogens with one attached hydrogen (secondary N) is 2. The molecular formula is C31H36N4O5S. The molecule has 9 nitrogen and oxygen atoms in total. The molecule has 0 spiro atoms. The number of nitrogens with two attached hydrogens (primary N) is 1. The van der Waals surface area contributed by atoms with Crippen LogP contribution in [0.2, 0.25) is 0 Å². The van der Waals surface area contributed by atoms with Crippen molar-refractivity contribution in [3.8, 4) is 5.75 Å². The minimum atomic E-state index is -1.58. The smallest absolute Gasteiger partial charge is 0.258 e. The molecule has 4 rings (SSSR count). The largest absolute Gasteiger partial charge is 0.481 e. The van der Waals surface area contributed by atoms with Crippen molar-refractivity contribution in [2.45, 2.75) is 45.0 Å². The topological polar surface area (TPSA) is 134 Å². The van der Waals surface area contributed by atoms with Gasteiger partial charge in [-0.25, -0.2) is 0 Å². The Morgan fingerprint density at radius 2 is 1.73 bits per heavy atom. The number of amides is 3. The quantitative estimate of drug-likeness (QED) is 0.258. The number of aryl methyl sites for hydroxylation is 2. The van der Waals surface area contributed by atoms with Gasteiger partial charge in [-0.3, -0.25) is 14.4 Å². The van der Waals surface area contributed by atoms with Crippen LogP contribution in [0.4, 0.5) is 5.69 Å². The van der Waals surface area contributed by atoms with Crippen LogP contribution >= 0.6 is 11.8 Å². The molecule has 216 valence electrons. The lowest BCUT2D eigenvalue weighted by molar-refractivity contribution is -0.146. The fourth-order valence-electron chi connectivity index (χ4n) is 4.70. The fourth-order valence-corrected chi connectivity index (χ4v) is 5.86. The number of carbonyl (C=O) groups excluding carboxylic acids is 3. The third kappa shape index (κ3) is 7.80. The highest BCUT2D eigenvalue weighted by Crippen LogP contribution is 2.26. The van der Waals surface area contributed by atoms with Crippen LogP contribution in [-0.2, 0) is 27.3 Å². The summed E-state index contributed by atoms with van der Waals surface area (Å²) in [6.45, 7) is 3.80. The van der Waals surface area contributed by atoms with E-state index in [0.717, 1.165) is 22.3 Å². The molecule has 5 N–H and O–H groups in total. The lowest BCUT2D eigenvalue weighted by Crippen LogP contribution is -2.56. The maximum Gasteiger partial charge on any atom is 0.258 e. The molecule has 3 amide bonds. The first-order valence-corrected chi connectivity index (χ1v) is 14.6. The second-order valence-corrected chi connectivity index (χ2v) is 11.1. The first kappa shape index (κ1) is 30.0. The summed E-state index contributed by atoms with van der Waals surface area (Å²) >= 11 is 1.44. The van der Waals surface area contributed by atoms with Gasteiger partial charge in [-0.15, -0.1) is 11.8 Å². The van der Waals surface area contributed by atoms with Crippen LogP contribution in [0.15, 0.2) is 72.8 Å². The number of anilines is 1. The molecule has 3 aromatic carbocycles. The van der Waals surface area contributed by atoms with Crippen molar-refractivity contribution in [2.24, 2.45) is 0 Å². The molecule has 3 atom stereocenters. The van der Waals surface area contributed by atoms with E-state index in [2.05, 4.69) is 10.6 Å². The molecule has 0 aromatic heterocycles. The Hall–Kier alpha value is -4.02. The van der Waals surface area contributed by atoms with Gasteiger partial charge in [0.25, 0.3) is 11.8 Å². The Morgan fingerprint density at radius 1 is 1.02 bits per heavy atom. The fraction of sp³-hybridized carbons (Fsp3) is 0.323. The summed E-state index contributed by atoms with van der Waals surface area (Å²) in [5, 5.41) is 16.9. The molecule has 1 fully saturated rings. The zero-order valence-corrected chi connectivity index (χ0v) is 24.0. The van der Waals surface area contributed by atoms with E-state index in [1.165, 1.54) is 16.7 Å². The first-order chi connectivity index (χ1) is 19.7. The van der Waals surface area contributed by atoms with E-state index < -0.39 is 30.0 Å². The minimum absolute atomic E-state index is 0.205. The van der Waals surface area contributed by atoms with E-state index in [4.69, 9.17) is 10.5 Å². The number of rotatable bonds is 11. The van der Waals surface area contributed by atoms with Gasteiger partial charge in [-0.2, -0.15) is 0 Å². The molecule has 0 radical (unpaired) electrons. The number of hydrogen-bond donors (Lipinski definition) is 4. The molecule has 1 heterocycles. The molecule has 41 heavy (non-hydrogen) atoms. The van der Waals surface area contributed by atoms with Crippen molar-refractivity contribution in [3.63, 3.8) is 0 Å². The number of para-hydroxylation sites is 1. The summed E-state index contributed by atoms with van der Waals surface area (Å²) in [6, 6.07) is 20.7. The number of nitrogen functional groups attached to an aromatic ring is 1. The number of thioether (sulfide) groups is 1. The molecule has 10 heteroatoms. The summed E-state index contributed by atoms with van der Waals surface area (Å²) in [6.07, 6.45) is -1.37. The zero-order valence-electron chi connectivity index (χ0n) is 23.2. The van der Waals surface area contributed by atoms with Crippen LogP contribution in [0.25, 0.3) is 0 Å². The lowest BCUT2D eigenvalue weighted by Gasteiger charge is -2.30. The van der Waals surface area contributed by atoms with Gasteiger partial charge in [0, 0.05) is 12.3 Å². The summed E-state index contributed by atoms with van der Waals surface area (Å²) in [5.74, 6) is -0.321. The summed E-state index contributed by atoms with van der Waals surface area (Å²) in [4.78, 5) is 41.0. The molecule has 0 saturated carbocycles. The van der Waals surface area contributed by atoms with Gasteiger partial charge in [0.1, 0.15) is 11.8 Å². The average molecular weight is 577 g/mol. The van der Waals surface area contributed by atoms with E-state index in [1.54, 1.807) is 12.1 Å². The number of ether oxygens (including phenoxy) is 1. The van der Waals surface area contributed by atoms with Gasteiger partial charge in [0.15, 0.2) is 12.7 Å². The number of benzene rings is 3. The van der Waals surface area contributed by atoms with Gasteiger partial charge >= 0.3 is 0 Å². The number of nitrogens with zero attached hydrogens (tertiary/aromatic N) is 1. The van der Waals surface area contributed by atoms with Crippen LogP contribution in [0.1, 0.15) is 22.3 Å². The third-order valence-electron chi connectivity index (χ3n) is 7.05. The van der Waals surface area contributed by atoms with Crippen LogP contribution in [0, 0.1) is 13.8 Å². The average Bonchev–Trinajstić information content (AvgIpc) is 3.46. The Balaban J connectivity index is 1.43. The molecule has 1 saturated heterocycles. The van der Waals surface area contributed by atoms with E-state index in [1.807, 2.05) is 74.5 Å². The molecule has 0 unspecified atom stereocenters. The Bertz CT molecular complexity index is 1350. The van der Waals surface area contributed by atoms with Crippen LogP contribution in [-0.4, -0.2) is 64.2 Å². The van der Waals surface area contributed by atoms with Gasteiger partial charge in [-0.05, 0) is 48.6 Å². The predicted octanol–water partition coefficient (Wildman–Crippen LogP) is 2.57. The molecule has 0 bridgehead atoms. The zero-order chi connectivity index (χ0) is 29.4. The maximum atomic E-state index is 13.6. The van der Waals surface area contributed by atoms with Gasteiger partial charge < -0.3 is 31.1 Å². The second-order valence-electron chi connectivity index (χ2n) is 10.1. The van der Waals surface area contributed by atoms with E-state index in [-0.39, 0.29) is 24.8 Å². The lowest BCUT2D eigenvalue weighted by atomic mass is 9.99. The van der Waals surface area contributed by atoms with Gasteiger partial charge in [-0.1, -0.05) is 66.7 Å². The van der Waals surface area contributed by atoms with Crippen molar-refractivity contribution in [3.05, 3.63) is 95.1 Å². The molecular weight excluding hydrogens is 540 g/mol. The summed E-state index contributed by atoms with van der Waals surface area (Å²) in [5.41, 5.74) is 10.1. The van der Waals surface area contributed by atoms with Gasteiger partial charge in [0.2, 0.25) is 5.91 Å². The van der Waals surface area contributed by atoms with E-state index >= 15 is 0 Å². The normalized spacial score (nSPS) is 16.1. The Morgan fingerprint density at radius 3 is 2.46 bits per heavy atom. The van der Waals surface area contributed by atoms with Crippen molar-refractivity contribution >= 4 is 35.2 Å². The van der Waals surface area contributed by atoms with Gasteiger partial charge in [0.05, 0.1) is 17.6 Å². The number of aliphatic hydroxyl groups is 1. The predicted molar refractivity (Wildman–Crippen MR) is 160 cm³/mol. The monoisotopic (exact) mass is 576 g/mol. The summed E-state index contributed by atoms with van der Waals surface area (Å²) < 4.78 is 5.67. The highest BCUT2D eigenvalue weighted by Gasteiger charge is 2.40. The molecule has 0 aliphatic carbocycles. The highest BCUT2D eigenvalue weighted by atomic mass is 32.2. The van der Waals surface area contributed by atoms with E-state index in [0.29, 0.717) is 23.7 Å². The van der Waals surface area contributed by atoms with Crippen molar-refractivity contribution in [1.82, 2.24) is 15.5 Å². The van der Waals surface area contributed by atoms with E-state index in [9.17, 15) is 19.5 Å². The Kier molecular flexibility index (Phi) is 10.3. The number of carbonyl (C=O) groups is 3. The Labute approximate surface area is 244 Å². The summed E-state index contributed by atoms with van der Waals surface area (Å²) in [7, 11) is 0. The van der Waals surface area contributed by atoms with Crippen LogP contribution in [0.3, 0.4) is 0 Å². The third-order valence-corrected chi connectivity index (χ3v) is 8.06. The first-order valence-electron chi connectivity index (χ1n) is 13.4.